The van der Waals surface area contributed by atoms with Gasteiger partial charge in [0.25, 0.3) is 0 Å². The molecule has 2 nitrogen and oxygen atoms in total. The largest absolute Gasteiger partial charge is 0.393 e. The summed E-state index contributed by atoms with van der Waals surface area (Å²) < 4.78 is 0. The molecule has 3 unspecified atom stereocenters. The van der Waals surface area contributed by atoms with Gasteiger partial charge in [0.05, 0.1) is 6.10 Å². The van der Waals surface area contributed by atoms with E-state index in [-0.39, 0.29) is 6.10 Å². The molecule has 3 atom stereocenters. The fourth-order valence-corrected chi connectivity index (χ4v) is 3.77. The summed E-state index contributed by atoms with van der Waals surface area (Å²) in [5.74, 6) is 1.19. The number of aryl methyl sites for hydroxylation is 1. The van der Waals surface area contributed by atoms with E-state index in [1.165, 1.54) is 17.5 Å². The van der Waals surface area contributed by atoms with Gasteiger partial charge in [0, 0.05) is 30.6 Å². The zero-order valence-electron chi connectivity index (χ0n) is 10.8. The van der Waals surface area contributed by atoms with Crippen LogP contribution >= 0.6 is 11.6 Å². The van der Waals surface area contributed by atoms with Crippen LogP contribution in [0.25, 0.3) is 0 Å². The summed E-state index contributed by atoms with van der Waals surface area (Å²) in [7, 11) is 0. The van der Waals surface area contributed by atoms with E-state index in [9.17, 15) is 5.11 Å². The molecule has 1 aromatic rings. The maximum absolute atomic E-state index is 9.92. The van der Waals surface area contributed by atoms with Crippen molar-refractivity contribution in [3.8, 4) is 0 Å². The zero-order chi connectivity index (χ0) is 12.7. The molecule has 1 N–H and O–H groups in total. The van der Waals surface area contributed by atoms with Crippen LogP contribution in [0.2, 0.25) is 5.02 Å². The van der Waals surface area contributed by atoms with E-state index < -0.39 is 0 Å². The molecular weight excluding hydrogens is 246 g/mol. The summed E-state index contributed by atoms with van der Waals surface area (Å²) >= 11 is 6.28. The monoisotopic (exact) mass is 265 g/mol. The molecule has 0 bridgehead atoms. The highest BCUT2D eigenvalue weighted by molar-refractivity contribution is 6.31. The van der Waals surface area contributed by atoms with Crippen LogP contribution in [0.15, 0.2) is 18.2 Å². The number of rotatable bonds is 2. The van der Waals surface area contributed by atoms with Gasteiger partial charge < -0.3 is 5.11 Å². The van der Waals surface area contributed by atoms with Gasteiger partial charge in [-0.2, -0.15) is 0 Å². The van der Waals surface area contributed by atoms with Gasteiger partial charge in [0.1, 0.15) is 0 Å². The molecule has 0 spiro atoms. The molecule has 3 heteroatoms. The van der Waals surface area contributed by atoms with Crippen molar-refractivity contribution in [2.75, 3.05) is 13.1 Å². The minimum Gasteiger partial charge on any atom is -0.393 e. The van der Waals surface area contributed by atoms with Crippen molar-refractivity contribution < 1.29 is 5.11 Å². The number of aliphatic hydroxyl groups excluding tert-OH is 1. The Labute approximate surface area is 114 Å². The summed E-state index contributed by atoms with van der Waals surface area (Å²) in [4.78, 5) is 2.44. The molecular formula is C15H20ClNO. The smallest absolute Gasteiger partial charge is 0.0583 e. The molecule has 1 aromatic carbocycles. The maximum Gasteiger partial charge on any atom is 0.0583 e. The number of aliphatic hydroxyl groups is 1. The summed E-state index contributed by atoms with van der Waals surface area (Å²) in [6, 6.07) is 6.28. The van der Waals surface area contributed by atoms with Crippen molar-refractivity contribution in [1.29, 1.82) is 0 Å². The number of halogens is 1. The van der Waals surface area contributed by atoms with Crippen molar-refractivity contribution in [3.05, 3.63) is 34.3 Å². The minimum atomic E-state index is -0.0755. The molecule has 2 aliphatic rings. The summed E-state index contributed by atoms with van der Waals surface area (Å²) in [5, 5.41) is 10.8. The molecule has 1 saturated carbocycles. The minimum absolute atomic E-state index is 0.0755. The average molecular weight is 266 g/mol. The second kappa shape index (κ2) is 4.84. The van der Waals surface area contributed by atoms with Gasteiger partial charge in [-0.1, -0.05) is 23.7 Å². The van der Waals surface area contributed by atoms with E-state index in [0.717, 1.165) is 31.1 Å². The lowest BCUT2D eigenvalue weighted by molar-refractivity contribution is 0.123. The lowest BCUT2D eigenvalue weighted by atomic mass is 10.00. The predicted molar refractivity (Wildman–Crippen MR) is 73.7 cm³/mol. The normalized spacial score (nSPS) is 31.8. The van der Waals surface area contributed by atoms with E-state index in [4.69, 9.17) is 11.6 Å². The number of hydrogen-bond acceptors (Lipinski definition) is 2. The second-order valence-electron chi connectivity index (χ2n) is 5.86. The first-order valence-corrected chi connectivity index (χ1v) is 7.17. The molecule has 98 valence electrons. The van der Waals surface area contributed by atoms with Gasteiger partial charge in [0.2, 0.25) is 0 Å². The van der Waals surface area contributed by atoms with Gasteiger partial charge >= 0.3 is 0 Å². The molecule has 0 radical (unpaired) electrons. The Morgan fingerprint density at radius 1 is 1.33 bits per heavy atom. The lowest BCUT2D eigenvalue weighted by Gasteiger charge is -2.18. The first-order chi connectivity index (χ1) is 8.63. The third-order valence-electron chi connectivity index (χ3n) is 4.50. The van der Waals surface area contributed by atoms with Crippen molar-refractivity contribution in [1.82, 2.24) is 4.90 Å². The first-order valence-electron chi connectivity index (χ1n) is 6.79. The highest BCUT2D eigenvalue weighted by atomic mass is 35.5. The molecule has 2 fully saturated rings. The van der Waals surface area contributed by atoms with Crippen LogP contribution in [-0.4, -0.2) is 29.2 Å². The van der Waals surface area contributed by atoms with Crippen molar-refractivity contribution in [2.24, 2.45) is 11.8 Å². The summed E-state index contributed by atoms with van der Waals surface area (Å²) in [5.41, 5.74) is 2.41. The number of nitrogens with zero attached hydrogens (tertiary/aromatic N) is 1. The lowest BCUT2D eigenvalue weighted by Crippen LogP contribution is -2.24. The molecule has 1 heterocycles. The van der Waals surface area contributed by atoms with Crippen LogP contribution in [0.1, 0.15) is 24.0 Å². The van der Waals surface area contributed by atoms with Crippen LogP contribution in [0, 0.1) is 18.8 Å². The quantitative estimate of drug-likeness (QED) is 0.889. The van der Waals surface area contributed by atoms with E-state index in [1.807, 2.05) is 6.07 Å². The van der Waals surface area contributed by atoms with E-state index in [1.54, 1.807) is 0 Å². The Balaban J connectivity index is 1.68. The van der Waals surface area contributed by atoms with E-state index in [0.29, 0.717) is 11.8 Å². The van der Waals surface area contributed by atoms with E-state index in [2.05, 4.69) is 24.0 Å². The van der Waals surface area contributed by atoms with Crippen LogP contribution in [0.5, 0.6) is 0 Å². The Morgan fingerprint density at radius 2 is 2.17 bits per heavy atom. The third-order valence-corrected chi connectivity index (χ3v) is 4.85. The molecule has 18 heavy (non-hydrogen) atoms. The fraction of sp³-hybridized carbons (Fsp3) is 0.600. The standard InChI is InChI=1S/C15H20ClNO/c1-10-2-3-12(14(16)6-10)8-17-7-11-4-5-15(18)13(11)9-17/h2-3,6,11,13,15,18H,4-5,7-9H2,1H3. The van der Waals surface area contributed by atoms with Crippen molar-refractivity contribution in [2.45, 2.75) is 32.4 Å². The van der Waals surface area contributed by atoms with Gasteiger partial charge in [-0.3, -0.25) is 4.90 Å². The second-order valence-corrected chi connectivity index (χ2v) is 6.26. The summed E-state index contributed by atoms with van der Waals surface area (Å²) in [6.07, 6.45) is 2.10. The maximum atomic E-state index is 9.92. The topological polar surface area (TPSA) is 23.5 Å². The molecule has 1 saturated heterocycles. The average Bonchev–Trinajstić information content (AvgIpc) is 2.86. The molecule has 1 aliphatic heterocycles. The fourth-order valence-electron chi connectivity index (χ4n) is 3.48. The van der Waals surface area contributed by atoms with E-state index >= 15 is 0 Å². The third kappa shape index (κ3) is 2.29. The Bertz CT molecular complexity index is 448. The predicted octanol–water partition coefficient (Wildman–Crippen LogP) is 2.85. The highest BCUT2D eigenvalue weighted by Gasteiger charge is 2.41. The highest BCUT2D eigenvalue weighted by Crippen LogP contribution is 2.38. The molecule has 0 aromatic heterocycles. The van der Waals surface area contributed by atoms with Crippen molar-refractivity contribution >= 4 is 11.6 Å². The molecule has 1 aliphatic carbocycles. The first kappa shape index (κ1) is 12.5. The summed E-state index contributed by atoms with van der Waals surface area (Å²) in [6.45, 7) is 5.12. The number of benzene rings is 1. The Morgan fingerprint density at radius 3 is 2.89 bits per heavy atom. The Kier molecular flexibility index (Phi) is 3.35. The molecule has 3 rings (SSSR count). The number of hydrogen-bond donors (Lipinski definition) is 1. The van der Waals surface area contributed by atoms with Gasteiger partial charge in [-0.15, -0.1) is 0 Å². The van der Waals surface area contributed by atoms with Crippen LogP contribution in [-0.2, 0) is 6.54 Å². The Hall–Kier alpha value is -0.570. The van der Waals surface area contributed by atoms with Crippen LogP contribution in [0.4, 0.5) is 0 Å². The number of fused-ring (bicyclic) bond motifs is 1. The van der Waals surface area contributed by atoms with Gasteiger partial charge in [0.15, 0.2) is 0 Å². The van der Waals surface area contributed by atoms with Gasteiger partial charge in [-0.25, -0.2) is 0 Å². The van der Waals surface area contributed by atoms with Gasteiger partial charge in [-0.05, 0) is 42.9 Å². The SMILES string of the molecule is Cc1ccc(CN2CC3CCC(O)C3C2)c(Cl)c1. The van der Waals surface area contributed by atoms with Crippen LogP contribution in [0.3, 0.4) is 0 Å². The molecule has 0 amide bonds. The zero-order valence-corrected chi connectivity index (χ0v) is 11.5. The van der Waals surface area contributed by atoms with Crippen molar-refractivity contribution in [3.63, 3.8) is 0 Å². The number of likely N-dealkylation sites (tertiary alicyclic amines) is 1. The van der Waals surface area contributed by atoms with Crippen LogP contribution < -0.4 is 0 Å².